The van der Waals surface area contributed by atoms with Crippen molar-refractivity contribution in [1.29, 1.82) is 5.26 Å². The zero-order valence-corrected chi connectivity index (χ0v) is 26.6. The fraction of sp³-hybridized carbons (Fsp3) is 0.552. The number of nitrogens with two attached hydrogens (primary N) is 1. The number of nitrogens with one attached hydrogen (secondary N) is 1. The van der Waals surface area contributed by atoms with Gasteiger partial charge in [0.25, 0.3) is 0 Å². The Kier molecular flexibility index (Phi) is 10.2. The number of hydrogen-bond donors (Lipinski definition) is 2. The fourth-order valence-corrected chi connectivity index (χ4v) is 7.47. The molecular weight excluding hydrogens is 625 g/mol. The Bertz CT molecular complexity index is 1260. The molecule has 0 bridgehead atoms. The third kappa shape index (κ3) is 8.01. The van der Waals surface area contributed by atoms with Crippen LogP contribution in [0.4, 0.5) is 4.79 Å². The molecule has 1 aliphatic heterocycles. The number of benzene rings is 1. The van der Waals surface area contributed by atoms with Crippen LogP contribution in [0, 0.1) is 23.7 Å². The Labute approximate surface area is 246 Å². The van der Waals surface area contributed by atoms with E-state index < -0.39 is 32.5 Å². The minimum atomic E-state index is -0.764. The first-order valence-electron chi connectivity index (χ1n) is 13.3. The molecule has 2 aliphatic rings. The molecule has 3 N–H and O–H groups in total. The number of hydrogen-bond acceptors (Lipinski definition) is 6. The van der Waals surface area contributed by atoms with E-state index in [1.165, 1.54) is 16.0 Å². The minimum Gasteiger partial charge on any atom is -0.368 e. The first kappa shape index (κ1) is 31.0. The molecule has 1 aromatic heterocycles. The van der Waals surface area contributed by atoms with Crippen LogP contribution in [0.3, 0.4) is 0 Å². The molecule has 1 saturated heterocycles. The number of thiazole rings is 1. The van der Waals surface area contributed by atoms with Gasteiger partial charge in [0.05, 0.1) is 11.6 Å². The molecule has 1 atom stereocenters. The number of rotatable bonds is 7. The number of carbonyl (C=O) groups excluding carboxylic acids is 3. The van der Waals surface area contributed by atoms with Crippen molar-refractivity contribution in [2.45, 2.75) is 89.2 Å². The molecule has 2 heterocycles. The van der Waals surface area contributed by atoms with Crippen molar-refractivity contribution in [1.82, 2.24) is 15.2 Å². The average Bonchev–Trinajstić information content (AvgIpc) is 3.30. The predicted molar refractivity (Wildman–Crippen MR) is 150 cm³/mol. The molecule has 1 aromatic carbocycles. The van der Waals surface area contributed by atoms with Gasteiger partial charge < -0.3 is 5.73 Å². The number of aromatic nitrogens is 1. The van der Waals surface area contributed by atoms with Crippen molar-refractivity contribution in [2.75, 3.05) is 6.54 Å². The standard InChI is InChI=1S/C24H33IN3O2S.C5H6N2O/c1-15(2)19-12-17(21-16(3)27-14-31-21)9-10-18(19)13-26-22(29)20-8-7-11-28(20)23(30)25-24(4,5)6;6-3-5(1-2-5)4(7)8/h9-10,12,14-15,20H,7-8,11,13H2,1-6H3,(H,26,29);1-2H2,(H2,7,8)/q-1;. The molecule has 2 fully saturated rings. The molecule has 1 saturated carbocycles. The Morgan fingerprint density at radius 3 is 2.49 bits per heavy atom. The van der Waals surface area contributed by atoms with Crippen LogP contribution in [-0.4, -0.2) is 41.6 Å². The quantitative estimate of drug-likeness (QED) is 0.203. The van der Waals surface area contributed by atoms with Gasteiger partial charge in [0, 0.05) is 0 Å². The Morgan fingerprint density at radius 1 is 1.31 bits per heavy atom. The van der Waals surface area contributed by atoms with E-state index in [1.54, 1.807) is 11.3 Å². The van der Waals surface area contributed by atoms with E-state index in [9.17, 15) is 14.4 Å². The largest absolute Gasteiger partial charge is 0.368 e. The first-order valence-corrected chi connectivity index (χ1v) is 16.3. The van der Waals surface area contributed by atoms with Gasteiger partial charge in [-0.25, -0.2) is 4.98 Å². The van der Waals surface area contributed by atoms with Crippen LogP contribution >= 0.6 is 11.3 Å². The molecule has 2 aromatic rings. The van der Waals surface area contributed by atoms with Gasteiger partial charge in [0.1, 0.15) is 5.41 Å². The van der Waals surface area contributed by atoms with E-state index in [-0.39, 0.29) is 19.3 Å². The monoisotopic (exact) mass is 664 g/mol. The molecule has 10 heteroatoms. The van der Waals surface area contributed by atoms with E-state index in [1.807, 2.05) is 23.4 Å². The third-order valence-electron chi connectivity index (χ3n) is 6.81. The summed E-state index contributed by atoms with van der Waals surface area (Å²) in [5, 5.41) is 11.4. The van der Waals surface area contributed by atoms with Crippen molar-refractivity contribution < 1.29 is 35.6 Å². The summed E-state index contributed by atoms with van der Waals surface area (Å²) >= 11 is 1.02. The van der Waals surface area contributed by atoms with Gasteiger partial charge in [0.15, 0.2) is 0 Å². The van der Waals surface area contributed by atoms with E-state index in [0.717, 1.165) is 24.1 Å². The predicted octanol–water partition coefficient (Wildman–Crippen LogP) is 2.11. The molecule has 0 radical (unpaired) electrons. The Morgan fingerprint density at radius 2 is 2.00 bits per heavy atom. The van der Waals surface area contributed by atoms with Gasteiger partial charge in [-0.15, -0.1) is 0 Å². The minimum absolute atomic E-state index is 0.0270. The maximum atomic E-state index is 13.0. The number of alkyl halides is 1. The van der Waals surface area contributed by atoms with E-state index in [2.05, 4.69) is 63.1 Å². The van der Waals surface area contributed by atoms with E-state index >= 15 is 0 Å². The van der Waals surface area contributed by atoms with Crippen LogP contribution in [0.2, 0.25) is 0 Å². The molecule has 8 nitrogen and oxygen atoms in total. The second kappa shape index (κ2) is 12.8. The number of halogens is 1. The molecule has 39 heavy (non-hydrogen) atoms. The smallest absolute Gasteiger partial charge is 0.237 e. The average molecular weight is 665 g/mol. The topological polar surface area (TPSA) is 129 Å². The SMILES string of the molecule is Cc1ncsc1-c1ccc(CNC(=O)C2CCCN2C(=O)[I-]C(C)(C)C)c(C(C)C)c1.N#CC1(C(N)=O)CC1. The van der Waals surface area contributed by atoms with Gasteiger partial charge in [-0.3, -0.25) is 4.79 Å². The van der Waals surface area contributed by atoms with Crippen molar-refractivity contribution in [2.24, 2.45) is 11.1 Å². The van der Waals surface area contributed by atoms with Crippen molar-refractivity contribution in [3.63, 3.8) is 0 Å². The second-order valence-corrected chi connectivity index (χ2v) is 16.9. The molecule has 1 aliphatic carbocycles. The molecule has 4 rings (SSSR count). The molecular formula is C29H39IN5O3S-. The van der Waals surface area contributed by atoms with Crippen molar-refractivity contribution in [3.05, 3.63) is 40.5 Å². The second-order valence-electron chi connectivity index (χ2n) is 11.4. The Balaban J connectivity index is 0.000000449. The van der Waals surface area contributed by atoms with Crippen LogP contribution in [0.5, 0.6) is 0 Å². The zero-order valence-electron chi connectivity index (χ0n) is 23.6. The Hall–Kier alpha value is -2.52. The maximum Gasteiger partial charge on any atom is 0.237 e. The first-order chi connectivity index (χ1) is 18.3. The summed E-state index contributed by atoms with van der Waals surface area (Å²) in [6.45, 7) is 13.9. The molecule has 0 spiro atoms. The summed E-state index contributed by atoms with van der Waals surface area (Å²) < 4.78 is 0.223. The summed E-state index contributed by atoms with van der Waals surface area (Å²) in [6.07, 6.45) is 2.96. The third-order valence-corrected chi connectivity index (χ3v) is 10.5. The molecule has 212 valence electrons. The maximum absolute atomic E-state index is 13.0. The van der Waals surface area contributed by atoms with Gasteiger partial charge in [-0.1, -0.05) is 0 Å². The van der Waals surface area contributed by atoms with Crippen LogP contribution in [0.15, 0.2) is 23.7 Å². The molecule has 3 amide bonds. The number of nitriles is 1. The van der Waals surface area contributed by atoms with Gasteiger partial charge in [-0.05, 0) is 19.8 Å². The van der Waals surface area contributed by atoms with Crippen LogP contribution in [0.1, 0.15) is 83.0 Å². The van der Waals surface area contributed by atoms with E-state index in [4.69, 9.17) is 11.0 Å². The number of aryl methyl sites for hydroxylation is 1. The van der Waals surface area contributed by atoms with Crippen molar-refractivity contribution >= 4 is 27.1 Å². The number of likely N-dealkylation sites (tertiary alicyclic amines) is 1. The molecule has 1 unspecified atom stereocenters. The van der Waals surface area contributed by atoms with Crippen LogP contribution in [0.25, 0.3) is 10.4 Å². The number of amides is 3. The summed E-state index contributed by atoms with van der Waals surface area (Å²) in [5.74, 6) is -0.151. The van der Waals surface area contributed by atoms with Gasteiger partial charge >= 0.3 is 184 Å². The number of nitrogens with zero attached hydrogens (tertiary/aromatic N) is 3. The van der Waals surface area contributed by atoms with Crippen LogP contribution < -0.4 is 32.3 Å². The number of carbonyl (C=O) groups is 3. The fourth-order valence-electron chi connectivity index (χ4n) is 4.40. The van der Waals surface area contributed by atoms with Crippen LogP contribution in [-0.2, 0) is 16.1 Å². The summed E-state index contributed by atoms with van der Waals surface area (Å²) in [5.41, 5.74) is 10.6. The normalized spacial score (nSPS) is 17.8. The van der Waals surface area contributed by atoms with Gasteiger partial charge in [0.2, 0.25) is 5.91 Å². The summed E-state index contributed by atoms with van der Waals surface area (Å²) in [6, 6.07) is 8.02. The summed E-state index contributed by atoms with van der Waals surface area (Å²) in [7, 11) is 0. The summed E-state index contributed by atoms with van der Waals surface area (Å²) in [4.78, 5) is 43.4. The number of primary amides is 1. The van der Waals surface area contributed by atoms with Gasteiger partial charge in [-0.2, -0.15) is 5.26 Å². The van der Waals surface area contributed by atoms with Crippen molar-refractivity contribution in [3.8, 4) is 16.5 Å². The van der Waals surface area contributed by atoms with E-state index in [0.29, 0.717) is 31.8 Å². The zero-order chi connectivity index (χ0) is 29.0.